The number of aryl methyl sites for hydroxylation is 1. The van der Waals surface area contributed by atoms with Crippen LogP contribution in [-0.4, -0.2) is 20.2 Å². The van der Waals surface area contributed by atoms with Gasteiger partial charge in [0, 0.05) is 12.6 Å². The number of nitrogens with zero attached hydrogens (tertiary/aromatic N) is 4. The molecule has 5 heteroatoms. The molecule has 0 aliphatic carbocycles. The van der Waals surface area contributed by atoms with E-state index in [1.165, 1.54) is 11.1 Å². The fourth-order valence-corrected chi connectivity index (χ4v) is 2.87. The maximum atomic E-state index is 4.15. The van der Waals surface area contributed by atoms with Crippen LogP contribution in [0.1, 0.15) is 71.0 Å². The van der Waals surface area contributed by atoms with E-state index in [2.05, 4.69) is 86.7 Å². The Labute approximate surface area is 145 Å². The lowest BCUT2D eigenvalue weighted by Crippen LogP contribution is -2.27. The molecule has 1 N–H and O–H groups in total. The molecule has 0 spiro atoms. The Balaban J connectivity index is 2.10. The highest BCUT2D eigenvalue weighted by molar-refractivity contribution is 5.29. The van der Waals surface area contributed by atoms with E-state index in [-0.39, 0.29) is 11.5 Å². The van der Waals surface area contributed by atoms with E-state index in [4.69, 9.17) is 0 Å². The summed E-state index contributed by atoms with van der Waals surface area (Å²) in [6, 6.07) is 9.26. The fraction of sp³-hybridized carbons (Fsp3) is 0.632. The van der Waals surface area contributed by atoms with Crippen molar-refractivity contribution >= 4 is 0 Å². The van der Waals surface area contributed by atoms with Gasteiger partial charge in [0.1, 0.15) is 0 Å². The lowest BCUT2D eigenvalue weighted by Gasteiger charge is -2.25. The van der Waals surface area contributed by atoms with Crippen LogP contribution in [0.3, 0.4) is 0 Å². The summed E-state index contributed by atoms with van der Waals surface area (Å²) in [7, 11) is 0. The lowest BCUT2D eigenvalue weighted by atomic mass is 9.85. The highest BCUT2D eigenvalue weighted by atomic mass is 15.5. The first-order valence-electron chi connectivity index (χ1n) is 8.91. The van der Waals surface area contributed by atoms with E-state index in [0.29, 0.717) is 12.5 Å². The van der Waals surface area contributed by atoms with Gasteiger partial charge in [-0.25, -0.2) is 4.68 Å². The molecule has 0 fully saturated rings. The van der Waals surface area contributed by atoms with E-state index in [1.807, 2.05) is 4.68 Å². The Morgan fingerprint density at radius 1 is 1.12 bits per heavy atom. The fourth-order valence-electron chi connectivity index (χ4n) is 2.87. The summed E-state index contributed by atoms with van der Waals surface area (Å²) >= 11 is 0. The molecule has 0 bridgehead atoms. The van der Waals surface area contributed by atoms with Crippen molar-refractivity contribution < 1.29 is 0 Å². The molecule has 0 saturated heterocycles. The number of nitrogens with one attached hydrogen (secondary N) is 1. The molecule has 1 atom stereocenters. The van der Waals surface area contributed by atoms with Gasteiger partial charge in [0.15, 0.2) is 5.82 Å². The van der Waals surface area contributed by atoms with Crippen LogP contribution >= 0.6 is 0 Å². The smallest absolute Gasteiger partial charge is 0.165 e. The molecule has 1 unspecified atom stereocenters. The highest BCUT2D eigenvalue weighted by Gasteiger charge is 2.19. The Bertz CT molecular complexity index is 622. The number of benzene rings is 1. The topological polar surface area (TPSA) is 55.6 Å². The molecule has 1 heterocycles. The molecule has 132 valence electrons. The van der Waals surface area contributed by atoms with E-state index >= 15 is 0 Å². The van der Waals surface area contributed by atoms with Crippen LogP contribution in [0.2, 0.25) is 0 Å². The molecule has 5 nitrogen and oxygen atoms in total. The molecule has 0 radical (unpaired) electrons. The van der Waals surface area contributed by atoms with Crippen molar-refractivity contribution in [3.05, 3.63) is 41.2 Å². The van der Waals surface area contributed by atoms with Gasteiger partial charge in [-0.2, -0.15) is 0 Å². The minimum absolute atomic E-state index is 0.182. The minimum Gasteiger partial charge on any atom is -0.303 e. The zero-order chi connectivity index (χ0) is 17.7. The number of rotatable bonds is 7. The van der Waals surface area contributed by atoms with Crippen LogP contribution in [0, 0.1) is 5.92 Å². The summed E-state index contributed by atoms with van der Waals surface area (Å²) in [5.41, 5.74) is 2.86. The summed E-state index contributed by atoms with van der Waals surface area (Å²) in [6.45, 7) is 14.9. The van der Waals surface area contributed by atoms with Crippen molar-refractivity contribution in [2.24, 2.45) is 5.92 Å². The monoisotopic (exact) mass is 329 g/mol. The van der Waals surface area contributed by atoms with Gasteiger partial charge >= 0.3 is 0 Å². The molecule has 1 aromatic carbocycles. The van der Waals surface area contributed by atoms with Gasteiger partial charge < -0.3 is 5.32 Å². The second-order valence-corrected chi connectivity index (χ2v) is 7.79. The van der Waals surface area contributed by atoms with Crippen molar-refractivity contribution in [3.63, 3.8) is 0 Å². The molecule has 0 aliphatic heterocycles. The normalized spacial score (nSPS) is 13.5. The van der Waals surface area contributed by atoms with Crippen molar-refractivity contribution in [1.82, 2.24) is 25.5 Å². The van der Waals surface area contributed by atoms with Crippen LogP contribution in [0.25, 0.3) is 0 Å². The zero-order valence-corrected chi connectivity index (χ0v) is 15.9. The maximum absolute atomic E-state index is 4.15. The molecule has 1 aromatic heterocycles. The summed E-state index contributed by atoms with van der Waals surface area (Å²) in [4.78, 5) is 0. The quantitative estimate of drug-likeness (QED) is 0.838. The average molecular weight is 329 g/mol. The van der Waals surface area contributed by atoms with Gasteiger partial charge in [0.05, 0.1) is 6.54 Å². The Hall–Kier alpha value is -1.75. The van der Waals surface area contributed by atoms with Crippen molar-refractivity contribution in [3.8, 4) is 0 Å². The van der Waals surface area contributed by atoms with Gasteiger partial charge in [-0.3, -0.25) is 0 Å². The summed E-state index contributed by atoms with van der Waals surface area (Å²) in [5, 5.41) is 15.6. The lowest BCUT2D eigenvalue weighted by molar-refractivity contribution is 0.398. The summed E-state index contributed by atoms with van der Waals surface area (Å²) in [5.74, 6) is 1.38. The second-order valence-electron chi connectivity index (χ2n) is 7.79. The first-order chi connectivity index (χ1) is 11.3. The van der Waals surface area contributed by atoms with E-state index in [1.54, 1.807) is 0 Å². The molecular formula is C19H31N5. The summed E-state index contributed by atoms with van der Waals surface area (Å²) < 4.78 is 1.88. The van der Waals surface area contributed by atoms with Crippen LogP contribution in [0.4, 0.5) is 0 Å². The van der Waals surface area contributed by atoms with E-state index in [9.17, 15) is 0 Å². The highest BCUT2D eigenvalue weighted by Crippen LogP contribution is 2.26. The van der Waals surface area contributed by atoms with Gasteiger partial charge in [-0.1, -0.05) is 65.8 Å². The van der Waals surface area contributed by atoms with E-state index in [0.717, 1.165) is 18.8 Å². The molecule has 2 rings (SSSR count). The van der Waals surface area contributed by atoms with Gasteiger partial charge in [0.25, 0.3) is 0 Å². The van der Waals surface area contributed by atoms with Crippen LogP contribution in [-0.2, 0) is 18.5 Å². The largest absolute Gasteiger partial charge is 0.303 e. The first-order valence-corrected chi connectivity index (χ1v) is 8.91. The third kappa shape index (κ3) is 4.63. The Morgan fingerprint density at radius 3 is 2.33 bits per heavy atom. The van der Waals surface area contributed by atoms with Crippen LogP contribution < -0.4 is 5.32 Å². The third-order valence-electron chi connectivity index (χ3n) is 4.32. The molecule has 2 aromatic rings. The zero-order valence-electron chi connectivity index (χ0n) is 15.9. The van der Waals surface area contributed by atoms with E-state index < -0.39 is 0 Å². The van der Waals surface area contributed by atoms with Crippen LogP contribution in [0.5, 0.6) is 0 Å². The molecule has 0 saturated carbocycles. The van der Waals surface area contributed by atoms with Crippen molar-refractivity contribution in [1.29, 1.82) is 0 Å². The number of aromatic nitrogens is 4. The van der Waals surface area contributed by atoms with Crippen LogP contribution in [0.15, 0.2) is 24.3 Å². The Morgan fingerprint density at radius 2 is 1.79 bits per heavy atom. The number of hydrogen-bond acceptors (Lipinski definition) is 4. The molecular weight excluding hydrogens is 298 g/mol. The second kappa shape index (κ2) is 7.88. The molecule has 0 amide bonds. The first kappa shape index (κ1) is 18.6. The average Bonchev–Trinajstić information content (AvgIpc) is 2.94. The minimum atomic E-state index is 0.182. The van der Waals surface area contributed by atoms with Gasteiger partial charge in [0.2, 0.25) is 0 Å². The standard InChI is InChI=1S/C19H31N5/c1-7-12-24-17(21-22-23-24)13-20-18(14(2)3)15-8-10-16(11-9-15)19(4,5)6/h8-11,14,18,20H,7,12-13H2,1-6H3. The third-order valence-corrected chi connectivity index (χ3v) is 4.32. The van der Waals surface area contributed by atoms with Gasteiger partial charge in [-0.15, -0.1) is 5.10 Å². The maximum Gasteiger partial charge on any atom is 0.165 e. The molecule has 24 heavy (non-hydrogen) atoms. The summed E-state index contributed by atoms with van der Waals surface area (Å²) in [6.07, 6.45) is 1.03. The van der Waals surface area contributed by atoms with Crippen molar-refractivity contribution in [2.75, 3.05) is 0 Å². The van der Waals surface area contributed by atoms with Gasteiger partial charge in [-0.05, 0) is 39.3 Å². The predicted octanol–water partition coefficient (Wildman–Crippen LogP) is 3.87. The number of tetrazole rings is 1. The van der Waals surface area contributed by atoms with Crippen molar-refractivity contribution in [2.45, 2.75) is 72.5 Å². The predicted molar refractivity (Wildman–Crippen MR) is 97.7 cm³/mol. The molecule has 0 aliphatic rings. The Kier molecular flexibility index (Phi) is 6.10. The SMILES string of the molecule is CCCn1nnnc1CNC(c1ccc(C(C)(C)C)cc1)C(C)C. The number of hydrogen-bond donors (Lipinski definition) is 1.